The van der Waals surface area contributed by atoms with Crippen molar-refractivity contribution in [2.24, 2.45) is 5.10 Å². The van der Waals surface area contributed by atoms with Crippen LogP contribution in [0.3, 0.4) is 0 Å². The minimum Gasteiger partial charge on any atom is -0.493 e. The van der Waals surface area contributed by atoms with Crippen LogP contribution in [0.1, 0.15) is 26.3 Å². The number of nitrogens with zero attached hydrogens (tertiary/aromatic N) is 2. The summed E-state index contributed by atoms with van der Waals surface area (Å²) in [6.45, 7) is -0.915. The molecule has 4 N–H and O–H groups in total. The zero-order chi connectivity index (χ0) is 26.0. The molecule has 2 aromatic rings. The van der Waals surface area contributed by atoms with Gasteiger partial charge in [-0.3, -0.25) is 24.5 Å². The van der Waals surface area contributed by atoms with Gasteiger partial charge in [-0.05, 0) is 24.3 Å². The largest absolute Gasteiger partial charge is 0.493 e. The van der Waals surface area contributed by atoms with Crippen molar-refractivity contribution in [2.75, 3.05) is 27.3 Å². The van der Waals surface area contributed by atoms with E-state index in [1.165, 1.54) is 38.5 Å². The van der Waals surface area contributed by atoms with Gasteiger partial charge in [0.05, 0.1) is 38.4 Å². The smallest absolute Gasteiger partial charge is 0.340 e. The summed E-state index contributed by atoms with van der Waals surface area (Å²) in [4.78, 5) is 57.3. The number of aromatic carboxylic acids is 1. The van der Waals surface area contributed by atoms with Crippen LogP contribution in [-0.4, -0.2) is 67.2 Å². The number of hydrazone groups is 1. The number of hydrogen-bond donors (Lipinski definition) is 4. The average molecular weight is 487 g/mol. The molecule has 0 unspecified atom stereocenters. The third kappa shape index (κ3) is 7.24. The van der Waals surface area contributed by atoms with E-state index in [4.69, 9.17) is 9.47 Å². The summed E-state index contributed by atoms with van der Waals surface area (Å²) in [5.74, 6) is -3.13. The molecule has 0 atom stereocenters. The third-order valence-corrected chi connectivity index (χ3v) is 4.38. The molecule has 184 valence electrons. The van der Waals surface area contributed by atoms with E-state index in [1.807, 2.05) is 0 Å². The van der Waals surface area contributed by atoms with Crippen molar-refractivity contribution in [1.29, 1.82) is 0 Å². The summed E-state index contributed by atoms with van der Waals surface area (Å²) in [5.41, 5.74) is 1.98. The molecule has 0 aromatic heterocycles. The number of nitro groups is 1. The summed E-state index contributed by atoms with van der Waals surface area (Å²) in [6.07, 6.45) is 1.09. The molecule has 0 radical (unpaired) electrons. The van der Waals surface area contributed by atoms with E-state index in [1.54, 1.807) is 0 Å². The highest BCUT2D eigenvalue weighted by atomic mass is 16.6. The van der Waals surface area contributed by atoms with Gasteiger partial charge in [0.25, 0.3) is 17.5 Å². The average Bonchev–Trinajstić information content (AvgIpc) is 2.85. The van der Waals surface area contributed by atoms with Crippen LogP contribution in [0.5, 0.6) is 11.5 Å². The first-order valence-corrected chi connectivity index (χ1v) is 9.77. The fourth-order valence-corrected chi connectivity index (χ4v) is 2.72. The molecule has 0 spiro atoms. The minimum atomic E-state index is -1.29. The lowest BCUT2D eigenvalue weighted by atomic mass is 10.1. The summed E-state index contributed by atoms with van der Waals surface area (Å²) in [5, 5.41) is 28.3. The number of hydrogen-bond acceptors (Lipinski definition) is 9. The molecule has 14 nitrogen and oxygen atoms in total. The normalized spacial score (nSPS) is 10.3. The molecule has 0 heterocycles. The number of carbonyl (C=O) groups is 4. The van der Waals surface area contributed by atoms with Gasteiger partial charge in [0.15, 0.2) is 11.5 Å². The molecule has 2 aromatic carbocycles. The van der Waals surface area contributed by atoms with E-state index in [9.17, 15) is 34.4 Å². The Balaban J connectivity index is 1.85. The zero-order valence-corrected chi connectivity index (χ0v) is 18.6. The highest BCUT2D eigenvalue weighted by Crippen LogP contribution is 2.32. The first-order valence-electron chi connectivity index (χ1n) is 9.77. The molecule has 35 heavy (non-hydrogen) atoms. The van der Waals surface area contributed by atoms with Gasteiger partial charge in [-0.2, -0.15) is 5.10 Å². The van der Waals surface area contributed by atoms with Gasteiger partial charge in [-0.15, -0.1) is 0 Å². The molecule has 2 rings (SSSR count). The fraction of sp³-hybridized carbons (Fsp3) is 0.190. The van der Waals surface area contributed by atoms with Crippen LogP contribution < -0.4 is 25.5 Å². The Morgan fingerprint density at radius 2 is 1.66 bits per heavy atom. The van der Waals surface area contributed by atoms with Crippen LogP contribution in [0.2, 0.25) is 0 Å². The van der Waals surface area contributed by atoms with Crippen molar-refractivity contribution in [3.8, 4) is 11.5 Å². The van der Waals surface area contributed by atoms with Crippen LogP contribution >= 0.6 is 0 Å². The van der Waals surface area contributed by atoms with E-state index < -0.39 is 41.7 Å². The Kier molecular flexibility index (Phi) is 9.21. The van der Waals surface area contributed by atoms with Crippen molar-refractivity contribution in [1.82, 2.24) is 16.1 Å². The number of nitrogens with one attached hydrogen (secondary N) is 3. The second kappa shape index (κ2) is 12.3. The number of carbonyl (C=O) groups excluding carboxylic acids is 3. The molecule has 0 saturated heterocycles. The van der Waals surface area contributed by atoms with Crippen LogP contribution in [0, 0.1) is 10.1 Å². The summed E-state index contributed by atoms with van der Waals surface area (Å²) in [6, 6.07) is 7.67. The number of carboxylic acid groups (broad SMARTS) is 1. The second-order valence-electron chi connectivity index (χ2n) is 6.63. The van der Waals surface area contributed by atoms with Crippen LogP contribution in [-0.2, 0) is 9.59 Å². The fourth-order valence-electron chi connectivity index (χ4n) is 2.72. The molecule has 0 aliphatic rings. The number of non-ortho nitro benzene ring substituents is 1. The maximum absolute atomic E-state index is 12.0. The number of rotatable bonds is 11. The van der Waals surface area contributed by atoms with E-state index >= 15 is 0 Å². The first-order chi connectivity index (χ1) is 16.7. The number of ether oxygens (including phenoxy) is 2. The monoisotopic (exact) mass is 487 g/mol. The third-order valence-electron chi connectivity index (χ3n) is 4.38. The highest BCUT2D eigenvalue weighted by Gasteiger charge is 2.20. The molecule has 3 amide bonds. The van der Waals surface area contributed by atoms with Gasteiger partial charge in [0.1, 0.15) is 5.56 Å². The maximum Gasteiger partial charge on any atom is 0.340 e. The predicted octanol–water partition coefficient (Wildman–Crippen LogP) is 0.307. The molecule has 0 bridgehead atoms. The van der Waals surface area contributed by atoms with E-state index in [-0.39, 0.29) is 33.9 Å². The van der Waals surface area contributed by atoms with Crippen LogP contribution in [0.25, 0.3) is 0 Å². The summed E-state index contributed by atoms with van der Waals surface area (Å²) < 4.78 is 10.1. The Hall–Kier alpha value is -5.01. The first kappa shape index (κ1) is 26.2. The summed E-state index contributed by atoms with van der Waals surface area (Å²) in [7, 11) is 2.64. The molecule has 0 saturated carbocycles. The topological polar surface area (TPSA) is 199 Å². The van der Waals surface area contributed by atoms with Gasteiger partial charge >= 0.3 is 5.97 Å². The molecule has 14 heteroatoms. The highest BCUT2D eigenvalue weighted by molar-refractivity contribution is 6.02. The molecular formula is C21H21N5O9. The molecule has 0 aliphatic carbocycles. The van der Waals surface area contributed by atoms with E-state index in [2.05, 4.69) is 21.2 Å². The molecule has 0 fully saturated rings. The number of methoxy groups -OCH3 is 2. The number of nitro benzene ring substituents is 1. The maximum atomic E-state index is 12.0. The lowest BCUT2D eigenvalue weighted by molar-refractivity contribution is -0.384. The SMILES string of the molecule is COc1ccc(/C=N\NC(=O)CNC(=O)CNC(=O)c2ccc([N+](=O)[O-])cc2)c(C(=O)O)c1OC. The van der Waals surface area contributed by atoms with E-state index in [0.717, 1.165) is 18.3 Å². The van der Waals surface area contributed by atoms with Gasteiger partial charge in [-0.1, -0.05) is 0 Å². The zero-order valence-electron chi connectivity index (χ0n) is 18.6. The van der Waals surface area contributed by atoms with Crippen LogP contribution in [0.4, 0.5) is 5.69 Å². The lowest BCUT2D eigenvalue weighted by Gasteiger charge is -2.12. The minimum absolute atomic E-state index is 0.0155. The van der Waals surface area contributed by atoms with E-state index in [0.29, 0.717) is 0 Å². The summed E-state index contributed by atoms with van der Waals surface area (Å²) >= 11 is 0. The van der Waals surface area contributed by atoms with Gasteiger partial charge in [0, 0.05) is 23.3 Å². The molecular weight excluding hydrogens is 466 g/mol. The van der Waals surface area contributed by atoms with Crippen molar-refractivity contribution < 1.29 is 38.7 Å². The molecule has 0 aliphatic heterocycles. The Morgan fingerprint density at radius 1 is 1.00 bits per heavy atom. The number of amides is 3. The quantitative estimate of drug-likeness (QED) is 0.196. The van der Waals surface area contributed by atoms with Gasteiger partial charge in [-0.25, -0.2) is 10.2 Å². The van der Waals surface area contributed by atoms with Crippen molar-refractivity contribution in [2.45, 2.75) is 0 Å². The lowest BCUT2D eigenvalue weighted by Crippen LogP contribution is -2.41. The Labute approximate surface area is 198 Å². The predicted molar refractivity (Wildman–Crippen MR) is 121 cm³/mol. The Morgan fingerprint density at radius 3 is 2.23 bits per heavy atom. The van der Waals surface area contributed by atoms with Crippen molar-refractivity contribution >= 4 is 35.6 Å². The second-order valence-corrected chi connectivity index (χ2v) is 6.63. The number of benzene rings is 2. The Bertz CT molecular complexity index is 1160. The van der Waals surface area contributed by atoms with Crippen LogP contribution in [0.15, 0.2) is 41.5 Å². The van der Waals surface area contributed by atoms with Gasteiger partial charge in [0.2, 0.25) is 5.91 Å². The van der Waals surface area contributed by atoms with Crippen molar-refractivity contribution in [3.63, 3.8) is 0 Å². The number of carboxylic acids is 1. The standard InChI is InChI=1S/C21H21N5O9/c1-34-15-8-5-13(18(21(30)31)19(15)35-2)9-24-25-17(28)11-22-16(27)10-23-20(29)12-3-6-14(7-4-12)26(32)33/h3-9H,10-11H2,1-2H3,(H,22,27)(H,23,29)(H,25,28)(H,30,31)/b24-9-. The van der Waals surface area contributed by atoms with Crippen molar-refractivity contribution in [3.05, 3.63) is 63.2 Å². The van der Waals surface area contributed by atoms with Gasteiger partial charge < -0.3 is 25.2 Å².